The van der Waals surface area contributed by atoms with E-state index in [4.69, 9.17) is 4.74 Å². The fourth-order valence-corrected chi connectivity index (χ4v) is 2.51. The van der Waals surface area contributed by atoms with Gasteiger partial charge in [0.05, 0.1) is 12.3 Å². The van der Waals surface area contributed by atoms with Crippen molar-refractivity contribution in [3.63, 3.8) is 0 Å². The standard InChI is InChI=1S/C16H20N4O2/c1-12-5-7-18-20(12)15-4-2-3-14(9-15)19-16(21)17-10-13-6-8-22-11-13/h2-5,7,9,13H,6,8,10-11H2,1H3,(H2,17,19,21). The van der Waals surface area contributed by atoms with Gasteiger partial charge in [0, 0.05) is 36.6 Å². The number of nitrogens with one attached hydrogen (secondary N) is 2. The SMILES string of the molecule is Cc1ccnn1-c1cccc(NC(=O)NCC2CCOC2)c1. The first-order valence-electron chi connectivity index (χ1n) is 7.46. The van der Waals surface area contributed by atoms with Crippen LogP contribution in [0.15, 0.2) is 36.5 Å². The average Bonchev–Trinajstić information content (AvgIpc) is 3.16. The van der Waals surface area contributed by atoms with Crippen molar-refractivity contribution in [2.75, 3.05) is 25.1 Å². The summed E-state index contributed by atoms with van der Waals surface area (Å²) in [5, 5.41) is 10.0. The molecule has 2 N–H and O–H groups in total. The summed E-state index contributed by atoms with van der Waals surface area (Å²) in [7, 11) is 0. The fourth-order valence-electron chi connectivity index (χ4n) is 2.51. The zero-order chi connectivity index (χ0) is 15.4. The summed E-state index contributed by atoms with van der Waals surface area (Å²) < 4.78 is 7.13. The molecule has 0 saturated carbocycles. The zero-order valence-electron chi connectivity index (χ0n) is 12.6. The van der Waals surface area contributed by atoms with Gasteiger partial charge in [-0.15, -0.1) is 0 Å². The number of urea groups is 1. The van der Waals surface area contributed by atoms with Crippen LogP contribution in [0.3, 0.4) is 0 Å². The number of carbonyl (C=O) groups excluding carboxylic acids is 1. The highest BCUT2D eigenvalue weighted by Crippen LogP contribution is 2.16. The third-order valence-corrected chi connectivity index (χ3v) is 3.76. The van der Waals surface area contributed by atoms with Gasteiger partial charge >= 0.3 is 6.03 Å². The first kappa shape index (κ1) is 14.6. The Morgan fingerprint density at radius 2 is 2.36 bits per heavy atom. The number of aromatic nitrogens is 2. The van der Waals surface area contributed by atoms with Gasteiger partial charge < -0.3 is 15.4 Å². The van der Waals surface area contributed by atoms with Gasteiger partial charge in [-0.05, 0) is 37.6 Å². The van der Waals surface area contributed by atoms with Crippen molar-refractivity contribution >= 4 is 11.7 Å². The Bertz CT molecular complexity index is 647. The van der Waals surface area contributed by atoms with E-state index in [-0.39, 0.29) is 6.03 Å². The first-order chi connectivity index (χ1) is 10.7. The number of aryl methyl sites for hydroxylation is 1. The number of ether oxygens (including phenoxy) is 1. The Balaban J connectivity index is 1.60. The van der Waals surface area contributed by atoms with E-state index >= 15 is 0 Å². The average molecular weight is 300 g/mol. The Labute approximate surface area is 129 Å². The summed E-state index contributed by atoms with van der Waals surface area (Å²) in [5.41, 5.74) is 2.71. The molecule has 1 atom stereocenters. The lowest BCUT2D eigenvalue weighted by Gasteiger charge is -2.12. The van der Waals surface area contributed by atoms with Gasteiger partial charge in [-0.1, -0.05) is 6.07 Å². The van der Waals surface area contributed by atoms with Crippen molar-refractivity contribution in [2.45, 2.75) is 13.3 Å². The van der Waals surface area contributed by atoms with Gasteiger partial charge in [0.1, 0.15) is 0 Å². The van der Waals surface area contributed by atoms with Crippen LogP contribution in [0.2, 0.25) is 0 Å². The van der Waals surface area contributed by atoms with Crippen LogP contribution in [0.25, 0.3) is 5.69 Å². The molecule has 0 spiro atoms. The number of amides is 2. The van der Waals surface area contributed by atoms with E-state index in [2.05, 4.69) is 15.7 Å². The molecule has 1 aromatic carbocycles. The second kappa shape index (κ2) is 6.62. The van der Waals surface area contributed by atoms with E-state index in [1.807, 2.05) is 41.9 Å². The minimum Gasteiger partial charge on any atom is -0.381 e. The molecule has 1 unspecified atom stereocenters. The fraction of sp³-hybridized carbons (Fsp3) is 0.375. The summed E-state index contributed by atoms with van der Waals surface area (Å²) >= 11 is 0. The molecule has 0 aliphatic carbocycles. The number of rotatable bonds is 4. The number of benzene rings is 1. The lowest BCUT2D eigenvalue weighted by atomic mass is 10.1. The molecule has 2 amide bonds. The van der Waals surface area contributed by atoms with Crippen LogP contribution in [0.4, 0.5) is 10.5 Å². The highest BCUT2D eigenvalue weighted by Gasteiger charge is 2.16. The predicted molar refractivity (Wildman–Crippen MR) is 84.2 cm³/mol. The Kier molecular flexibility index (Phi) is 4.39. The molecular weight excluding hydrogens is 280 g/mol. The maximum absolute atomic E-state index is 11.9. The molecule has 0 bridgehead atoms. The van der Waals surface area contributed by atoms with Gasteiger partial charge in [0.2, 0.25) is 0 Å². The molecule has 6 nitrogen and oxygen atoms in total. The minimum absolute atomic E-state index is 0.193. The van der Waals surface area contributed by atoms with Crippen LogP contribution < -0.4 is 10.6 Å². The Morgan fingerprint density at radius 1 is 1.45 bits per heavy atom. The second-order valence-electron chi connectivity index (χ2n) is 5.50. The van der Waals surface area contributed by atoms with Crippen molar-refractivity contribution < 1.29 is 9.53 Å². The number of nitrogens with zero attached hydrogens (tertiary/aromatic N) is 2. The molecule has 0 radical (unpaired) electrons. The normalized spacial score (nSPS) is 17.4. The van der Waals surface area contributed by atoms with Crippen molar-refractivity contribution in [1.29, 1.82) is 0 Å². The number of hydrogen-bond donors (Lipinski definition) is 2. The quantitative estimate of drug-likeness (QED) is 0.910. The third kappa shape index (κ3) is 3.46. The van der Waals surface area contributed by atoms with Crippen LogP contribution in [-0.4, -0.2) is 35.6 Å². The summed E-state index contributed by atoms with van der Waals surface area (Å²) in [4.78, 5) is 11.9. The van der Waals surface area contributed by atoms with Gasteiger partial charge in [0.25, 0.3) is 0 Å². The number of hydrogen-bond acceptors (Lipinski definition) is 3. The minimum atomic E-state index is -0.193. The first-order valence-corrected chi connectivity index (χ1v) is 7.46. The zero-order valence-corrected chi connectivity index (χ0v) is 12.6. The molecule has 1 aliphatic heterocycles. The van der Waals surface area contributed by atoms with Crippen LogP contribution in [-0.2, 0) is 4.74 Å². The lowest BCUT2D eigenvalue weighted by Crippen LogP contribution is -2.33. The molecule has 1 aromatic heterocycles. The maximum Gasteiger partial charge on any atom is 0.319 e. The molecule has 22 heavy (non-hydrogen) atoms. The van der Waals surface area contributed by atoms with Gasteiger partial charge in [-0.3, -0.25) is 0 Å². The molecule has 6 heteroatoms. The van der Waals surface area contributed by atoms with E-state index in [1.165, 1.54) is 0 Å². The van der Waals surface area contributed by atoms with Crippen LogP contribution in [0.5, 0.6) is 0 Å². The summed E-state index contributed by atoms with van der Waals surface area (Å²) in [6, 6.07) is 9.37. The maximum atomic E-state index is 11.9. The highest BCUT2D eigenvalue weighted by molar-refractivity contribution is 5.89. The largest absolute Gasteiger partial charge is 0.381 e. The van der Waals surface area contributed by atoms with Gasteiger partial charge in [-0.25, -0.2) is 9.48 Å². The molecule has 2 aromatic rings. The number of carbonyl (C=O) groups is 1. The number of anilines is 1. The summed E-state index contributed by atoms with van der Waals surface area (Å²) in [6.07, 6.45) is 2.76. The van der Waals surface area contributed by atoms with E-state index in [9.17, 15) is 4.79 Å². The van der Waals surface area contributed by atoms with E-state index in [0.29, 0.717) is 12.5 Å². The summed E-state index contributed by atoms with van der Waals surface area (Å²) in [6.45, 7) is 4.15. The van der Waals surface area contributed by atoms with Crippen molar-refractivity contribution in [1.82, 2.24) is 15.1 Å². The lowest BCUT2D eigenvalue weighted by molar-refractivity contribution is 0.185. The topological polar surface area (TPSA) is 68.2 Å². The smallest absolute Gasteiger partial charge is 0.319 e. The van der Waals surface area contributed by atoms with Gasteiger partial charge in [-0.2, -0.15) is 5.10 Å². The Hall–Kier alpha value is -2.34. The molecular formula is C16H20N4O2. The van der Waals surface area contributed by atoms with Crippen LogP contribution in [0, 0.1) is 12.8 Å². The van der Waals surface area contributed by atoms with E-state index in [0.717, 1.165) is 36.7 Å². The molecule has 116 valence electrons. The molecule has 1 fully saturated rings. The van der Waals surface area contributed by atoms with Crippen molar-refractivity contribution in [3.8, 4) is 5.69 Å². The third-order valence-electron chi connectivity index (χ3n) is 3.76. The van der Waals surface area contributed by atoms with Crippen LogP contribution in [0.1, 0.15) is 12.1 Å². The second-order valence-corrected chi connectivity index (χ2v) is 5.50. The van der Waals surface area contributed by atoms with E-state index < -0.39 is 0 Å². The molecule has 1 aliphatic rings. The monoisotopic (exact) mass is 300 g/mol. The predicted octanol–water partition coefficient (Wildman–Crippen LogP) is 2.34. The molecule has 1 saturated heterocycles. The summed E-state index contributed by atoms with van der Waals surface area (Å²) in [5.74, 6) is 0.420. The molecule has 3 rings (SSSR count). The van der Waals surface area contributed by atoms with Crippen LogP contribution >= 0.6 is 0 Å². The van der Waals surface area contributed by atoms with Gasteiger partial charge in [0.15, 0.2) is 0 Å². The highest BCUT2D eigenvalue weighted by atomic mass is 16.5. The van der Waals surface area contributed by atoms with Crippen molar-refractivity contribution in [2.24, 2.45) is 5.92 Å². The van der Waals surface area contributed by atoms with E-state index in [1.54, 1.807) is 6.20 Å². The Morgan fingerprint density at radius 3 is 3.09 bits per heavy atom. The van der Waals surface area contributed by atoms with Crippen molar-refractivity contribution in [3.05, 3.63) is 42.2 Å². The molecule has 2 heterocycles.